The average molecular weight is 375 g/mol. The average Bonchev–Trinajstić information content (AvgIpc) is 3.34. The first-order valence-electron chi connectivity index (χ1n) is 8.44. The van der Waals surface area contributed by atoms with Crippen LogP contribution in [-0.2, 0) is 0 Å². The summed E-state index contributed by atoms with van der Waals surface area (Å²) in [5.74, 6) is 1.46. The van der Waals surface area contributed by atoms with Gasteiger partial charge in [-0.05, 0) is 49.2 Å². The van der Waals surface area contributed by atoms with Crippen LogP contribution in [0.25, 0.3) is 16.8 Å². The summed E-state index contributed by atoms with van der Waals surface area (Å²) in [6.45, 7) is 4.36. The Morgan fingerprint density at radius 2 is 2.07 bits per heavy atom. The number of ether oxygens (including phenoxy) is 2. The number of hydrogen-bond donors (Lipinski definition) is 1. The molecule has 6 heteroatoms. The molecular weight excluding hydrogens is 358 g/mol. The second-order valence-corrected chi connectivity index (χ2v) is 7.03. The van der Waals surface area contributed by atoms with Crippen LogP contribution in [-0.4, -0.2) is 11.8 Å². The molecule has 5 nitrogen and oxygen atoms in total. The lowest BCUT2D eigenvalue weighted by molar-refractivity contribution is 0.174. The molecule has 0 unspecified atom stereocenters. The highest BCUT2D eigenvalue weighted by Gasteiger charge is 2.16. The topological polar surface area (TPSA) is 67.2 Å². The molecule has 2 heterocycles. The Hall–Kier alpha value is -3.30. The SMILES string of the molecule is Cc1cccc(N/C=C(/C#N)c2nc(-c3ccc4c(c3)OCO4)cs2)c1C. The minimum Gasteiger partial charge on any atom is -0.454 e. The van der Waals surface area contributed by atoms with E-state index in [-0.39, 0.29) is 6.79 Å². The molecule has 134 valence electrons. The van der Waals surface area contributed by atoms with Gasteiger partial charge in [0.05, 0.1) is 5.69 Å². The molecule has 1 N–H and O–H groups in total. The Morgan fingerprint density at radius 1 is 1.22 bits per heavy atom. The highest BCUT2D eigenvalue weighted by atomic mass is 32.1. The summed E-state index contributed by atoms with van der Waals surface area (Å²) in [6.07, 6.45) is 1.71. The monoisotopic (exact) mass is 375 g/mol. The van der Waals surface area contributed by atoms with Crippen molar-refractivity contribution in [1.29, 1.82) is 5.26 Å². The van der Waals surface area contributed by atoms with Crippen molar-refractivity contribution in [3.8, 4) is 28.8 Å². The third-order valence-electron chi connectivity index (χ3n) is 4.50. The molecule has 0 saturated carbocycles. The first-order chi connectivity index (χ1) is 13.2. The number of nitriles is 1. The quantitative estimate of drug-likeness (QED) is 0.640. The molecular formula is C21H17N3O2S. The van der Waals surface area contributed by atoms with Gasteiger partial charge >= 0.3 is 0 Å². The van der Waals surface area contributed by atoms with Crippen molar-refractivity contribution in [2.45, 2.75) is 13.8 Å². The van der Waals surface area contributed by atoms with E-state index in [1.54, 1.807) is 6.20 Å². The van der Waals surface area contributed by atoms with E-state index in [2.05, 4.69) is 36.3 Å². The van der Waals surface area contributed by atoms with Gasteiger partial charge in [-0.1, -0.05) is 12.1 Å². The fourth-order valence-corrected chi connectivity index (χ4v) is 3.58. The molecule has 0 saturated heterocycles. The molecule has 0 bridgehead atoms. The number of thiazole rings is 1. The van der Waals surface area contributed by atoms with Crippen molar-refractivity contribution in [3.05, 3.63) is 64.1 Å². The zero-order chi connectivity index (χ0) is 18.8. The molecule has 2 aromatic carbocycles. The number of aromatic nitrogens is 1. The summed E-state index contributed by atoms with van der Waals surface area (Å²) in [6, 6.07) is 14.0. The van der Waals surface area contributed by atoms with E-state index < -0.39 is 0 Å². The van der Waals surface area contributed by atoms with Crippen molar-refractivity contribution in [2.75, 3.05) is 12.1 Å². The van der Waals surface area contributed by atoms with Crippen molar-refractivity contribution < 1.29 is 9.47 Å². The molecule has 0 atom stereocenters. The number of hydrogen-bond acceptors (Lipinski definition) is 6. The van der Waals surface area contributed by atoms with Gasteiger partial charge in [0.25, 0.3) is 0 Å². The zero-order valence-electron chi connectivity index (χ0n) is 14.9. The Morgan fingerprint density at radius 3 is 2.93 bits per heavy atom. The number of anilines is 1. The third kappa shape index (κ3) is 3.37. The maximum absolute atomic E-state index is 9.56. The number of allylic oxidation sites excluding steroid dienone is 1. The second-order valence-electron chi connectivity index (χ2n) is 6.17. The zero-order valence-corrected chi connectivity index (χ0v) is 15.8. The molecule has 4 rings (SSSR count). The largest absolute Gasteiger partial charge is 0.454 e. The molecule has 3 aromatic rings. The van der Waals surface area contributed by atoms with Gasteiger partial charge in [-0.2, -0.15) is 5.26 Å². The van der Waals surface area contributed by atoms with Gasteiger partial charge in [0, 0.05) is 22.8 Å². The smallest absolute Gasteiger partial charge is 0.231 e. The van der Waals surface area contributed by atoms with Gasteiger partial charge in [0.15, 0.2) is 11.5 Å². The van der Waals surface area contributed by atoms with Crippen LogP contribution in [0.5, 0.6) is 11.5 Å². The minimum atomic E-state index is 0.243. The van der Waals surface area contributed by atoms with Crippen LogP contribution >= 0.6 is 11.3 Å². The molecule has 1 aliphatic rings. The summed E-state index contributed by atoms with van der Waals surface area (Å²) in [5.41, 5.74) is 5.57. The summed E-state index contributed by atoms with van der Waals surface area (Å²) in [5, 5.41) is 15.4. The Bertz CT molecular complexity index is 1080. The van der Waals surface area contributed by atoms with E-state index in [1.807, 2.05) is 35.7 Å². The van der Waals surface area contributed by atoms with Gasteiger partial charge in [0.2, 0.25) is 6.79 Å². The van der Waals surface area contributed by atoms with Crippen LogP contribution in [0.3, 0.4) is 0 Å². The van der Waals surface area contributed by atoms with E-state index in [4.69, 9.17) is 9.47 Å². The maximum atomic E-state index is 9.56. The standard InChI is InChI=1S/C21H17N3O2S/c1-13-4-3-5-17(14(13)2)23-10-16(9-22)21-24-18(11-27-21)15-6-7-19-20(8-15)26-12-25-19/h3-8,10-11,23H,12H2,1-2H3/b16-10-. The van der Waals surface area contributed by atoms with Crippen LogP contribution in [0.4, 0.5) is 5.69 Å². The van der Waals surface area contributed by atoms with Gasteiger partial charge in [-0.15, -0.1) is 11.3 Å². The number of fused-ring (bicyclic) bond motifs is 1. The fraction of sp³-hybridized carbons (Fsp3) is 0.143. The highest BCUT2D eigenvalue weighted by Crippen LogP contribution is 2.36. The Kier molecular flexibility index (Phi) is 4.53. The lowest BCUT2D eigenvalue weighted by atomic mass is 10.1. The number of nitrogens with one attached hydrogen (secondary N) is 1. The minimum absolute atomic E-state index is 0.243. The van der Waals surface area contributed by atoms with E-state index in [0.717, 1.165) is 34.0 Å². The maximum Gasteiger partial charge on any atom is 0.231 e. The van der Waals surface area contributed by atoms with Crippen molar-refractivity contribution in [2.24, 2.45) is 0 Å². The van der Waals surface area contributed by atoms with Crippen LogP contribution < -0.4 is 14.8 Å². The molecule has 1 aromatic heterocycles. The van der Waals surface area contributed by atoms with Crippen LogP contribution in [0.1, 0.15) is 16.1 Å². The van der Waals surface area contributed by atoms with Crippen LogP contribution in [0.2, 0.25) is 0 Å². The summed E-state index contributed by atoms with van der Waals surface area (Å²) < 4.78 is 10.8. The lowest BCUT2D eigenvalue weighted by Crippen LogP contribution is -1.95. The number of nitrogens with zero attached hydrogens (tertiary/aromatic N) is 2. The number of aryl methyl sites for hydroxylation is 1. The first-order valence-corrected chi connectivity index (χ1v) is 9.32. The van der Waals surface area contributed by atoms with E-state index in [1.165, 1.54) is 16.9 Å². The third-order valence-corrected chi connectivity index (χ3v) is 5.38. The van der Waals surface area contributed by atoms with Gasteiger partial charge in [0.1, 0.15) is 16.6 Å². The van der Waals surface area contributed by atoms with E-state index in [0.29, 0.717) is 10.6 Å². The molecule has 0 amide bonds. The molecule has 0 spiro atoms. The lowest BCUT2D eigenvalue weighted by Gasteiger charge is -2.08. The normalized spacial score (nSPS) is 12.7. The van der Waals surface area contributed by atoms with E-state index in [9.17, 15) is 5.26 Å². The summed E-state index contributed by atoms with van der Waals surface area (Å²) >= 11 is 1.44. The molecule has 27 heavy (non-hydrogen) atoms. The number of rotatable bonds is 4. The predicted molar refractivity (Wildman–Crippen MR) is 107 cm³/mol. The van der Waals surface area contributed by atoms with Crippen molar-refractivity contribution >= 4 is 22.6 Å². The number of benzene rings is 2. The summed E-state index contributed by atoms with van der Waals surface area (Å²) in [7, 11) is 0. The van der Waals surface area contributed by atoms with Gasteiger partial charge in [-0.25, -0.2) is 4.98 Å². The van der Waals surface area contributed by atoms with Crippen LogP contribution in [0.15, 0.2) is 48.0 Å². The van der Waals surface area contributed by atoms with E-state index >= 15 is 0 Å². The van der Waals surface area contributed by atoms with Gasteiger partial charge in [-0.3, -0.25) is 0 Å². The fourth-order valence-electron chi connectivity index (χ4n) is 2.79. The van der Waals surface area contributed by atoms with Crippen molar-refractivity contribution in [1.82, 2.24) is 4.98 Å². The molecule has 1 aliphatic heterocycles. The Balaban J connectivity index is 1.59. The first kappa shape index (κ1) is 17.1. The molecule has 0 fully saturated rings. The molecule has 0 radical (unpaired) electrons. The highest BCUT2D eigenvalue weighted by molar-refractivity contribution is 7.11. The molecule has 0 aliphatic carbocycles. The van der Waals surface area contributed by atoms with Crippen LogP contribution in [0, 0.1) is 25.2 Å². The predicted octanol–water partition coefficient (Wildman–Crippen LogP) is 5.13. The Labute approximate surface area is 161 Å². The van der Waals surface area contributed by atoms with Crippen molar-refractivity contribution in [3.63, 3.8) is 0 Å². The second kappa shape index (κ2) is 7.14. The summed E-state index contributed by atoms with van der Waals surface area (Å²) in [4.78, 5) is 4.62. The van der Waals surface area contributed by atoms with Gasteiger partial charge < -0.3 is 14.8 Å².